The largest absolute Gasteiger partial charge is 0.482 e. The Labute approximate surface area is 126 Å². The molecule has 1 unspecified atom stereocenters. The zero-order valence-electron chi connectivity index (χ0n) is 12.9. The molecule has 0 amide bonds. The zero-order chi connectivity index (χ0) is 17.3. The van der Waals surface area contributed by atoms with Crippen molar-refractivity contribution in [1.29, 1.82) is 0 Å². The predicted molar refractivity (Wildman–Crippen MR) is 74.4 cm³/mol. The van der Waals surface area contributed by atoms with E-state index in [-0.39, 0.29) is 11.2 Å². The lowest BCUT2D eigenvalue weighted by Gasteiger charge is -2.29. The summed E-state index contributed by atoms with van der Waals surface area (Å²) in [5, 5.41) is 0. The van der Waals surface area contributed by atoms with Crippen LogP contribution in [0.4, 0.5) is 22.0 Å². The summed E-state index contributed by atoms with van der Waals surface area (Å²) < 4.78 is 68.8. The predicted octanol–water partition coefficient (Wildman–Crippen LogP) is 4.20. The van der Waals surface area contributed by atoms with Gasteiger partial charge in [-0.05, 0) is 29.5 Å². The van der Waals surface area contributed by atoms with Crippen molar-refractivity contribution in [3.05, 3.63) is 29.3 Å². The Balaban J connectivity index is 3.08. The van der Waals surface area contributed by atoms with Crippen molar-refractivity contribution in [1.82, 2.24) is 0 Å². The second kappa shape index (κ2) is 6.02. The van der Waals surface area contributed by atoms with Gasteiger partial charge in [-0.15, -0.1) is 0 Å². The van der Waals surface area contributed by atoms with Crippen molar-refractivity contribution in [3.63, 3.8) is 0 Å². The quantitative estimate of drug-likeness (QED) is 0.842. The summed E-state index contributed by atoms with van der Waals surface area (Å²) >= 11 is 0. The van der Waals surface area contributed by atoms with Gasteiger partial charge in [0.15, 0.2) is 6.10 Å². The van der Waals surface area contributed by atoms with Gasteiger partial charge < -0.3 is 10.5 Å². The van der Waals surface area contributed by atoms with Gasteiger partial charge in [-0.1, -0.05) is 32.9 Å². The van der Waals surface area contributed by atoms with E-state index in [9.17, 15) is 22.0 Å². The fourth-order valence-corrected chi connectivity index (χ4v) is 1.85. The van der Waals surface area contributed by atoms with Gasteiger partial charge in [0.1, 0.15) is 5.75 Å². The van der Waals surface area contributed by atoms with Crippen molar-refractivity contribution in [2.75, 3.05) is 6.54 Å². The summed E-state index contributed by atoms with van der Waals surface area (Å²) in [7, 11) is 0. The molecule has 0 aliphatic rings. The number of alkyl halides is 5. The molecule has 1 aromatic carbocycles. The van der Waals surface area contributed by atoms with Gasteiger partial charge in [-0.25, -0.2) is 0 Å². The summed E-state index contributed by atoms with van der Waals surface area (Å²) in [6, 6.07) is 4.74. The number of aryl methyl sites for hydroxylation is 1. The Bertz CT molecular complexity index is 520. The molecule has 0 radical (unpaired) electrons. The topological polar surface area (TPSA) is 35.2 Å². The van der Waals surface area contributed by atoms with Crippen molar-refractivity contribution in [2.45, 2.75) is 51.3 Å². The molecule has 2 nitrogen and oxygen atoms in total. The van der Waals surface area contributed by atoms with E-state index in [0.717, 1.165) is 5.56 Å². The van der Waals surface area contributed by atoms with E-state index in [2.05, 4.69) is 0 Å². The highest BCUT2D eigenvalue weighted by Crippen LogP contribution is 2.40. The van der Waals surface area contributed by atoms with Crippen molar-refractivity contribution in [2.24, 2.45) is 5.73 Å². The molecule has 0 bridgehead atoms. The maximum atomic E-state index is 13.4. The van der Waals surface area contributed by atoms with Crippen molar-refractivity contribution < 1.29 is 26.7 Å². The molecule has 22 heavy (non-hydrogen) atoms. The van der Waals surface area contributed by atoms with E-state index in [0.29, 0.717) is 5.56 Å². The monoisotopic (exact) mass is 325 g/mol. The molecule has 0 aliphatic heterocycles. The first kappa shape index (κ1) is 18.7. The van der Waals surface area contributed by atoms with Crippen LogP contribution in [0.15, 0.2) is 18.2 Å². The van der Waals surface area contributed by atoms with E-state index in [1.54, 1.807) is 19.1 Å². The summed E-state index contributed by atoms with van der Waals surface area (Å²) in [6.07, 6.45) is -8.18. The van der Waals surface area contributed by atoms with Crippen LogP contribution >= 0.6 is 0 Å². The van der Waals surface area contributed by atoms with E-state index >= 15 is 0 Å². The zero-order valence-corrected chi connectivity index (χ0v) is 12.9. The first-order valence-corrected chi connectivity index (χ1v) is 6.73. The van der Waals surface area contributed by atoms with Gasteiger partial charge in [0, 0.05) is 6.54 Å². The van der Waals surface area contributed by atoms with Crippen LogP contribution in [0.2, 0.25) is 0 Å². The minimum Gasteiger partial charge on any atom is -0.482 e. The Morgan fingerprint density at radius 3 is 2.00 bits per heavy atom. The van der Waals surface area contributed by atoms with E-state index < -0.39 is 24.7 Å². The standard InChI is InChI=1S/C15H20F5NO/c1-9-7-10(13(2,3)4)5-6-11(9)22-12(8-21)14(16,17)15(18,19)20/h5-7,12H,8,21H2,1-4H3. The highest BCUT2D eigenvalue weighted by molar-refractivity contribution is 5.39. The summed E-state index contributed by atoms with van der Waals surface area (Å²) in [4.78, 5) is 0. The fourth-order valence-electron chi connectivity index (χ4n) is 1.85. The lowest BCUT2D eigenvalue weighted by atomic mass is 9.86. The van der Waals surface area contributed by atoms with Gasteiger partial charge in [0.25, 0.3) is 0 Å². The number of ether oxygens (including phenoxy) is 1. The molecule has 7 heteroatoms. The normalized spacial score (nSPS) is 14.8. The lowest BCUT2D eigenvalue weighted by Crippen LogP contribution is -2.53. The van der Waals surface area contributed by atoms with Gasteiger partial charge in [-0.3, -0.25) is 0 Å². The maximum absolute atomic E-state index is 13.4. The van der Waals surface area contributed by atoms with Crippen LogP contribution in [0.1, 0.15) is 31.9 Å². The third-order valence-corrected chi connectivity index (χ3v) is 3.31. The fraction of sp³-hybridized carbons (Fsp3) is 0.600. The number of hydrogen-bond acceptors (Lipinski definition) is 2. The van der Waals surface area contributed by atoms with Crippen LogP contribution < -0.4 is 10.5 Å². The van der Waals surface area contributed by atoms with Gasteiger partial charge in [-0.2, -0.15) is 22.0 Å². The van der Waals surface area contributed by atoms with Crippen LogP contribution in [0, 0.1) is 6.92 Å². The van der Waals surface area contributed by atoms with Crippen molar-refractivity contribution in [3.8, 4) is 5.75 Å². The molecule has 0 heterocycles. The molecule has 1 rings (SSSR count). The number of nitrogens with two attached hydrogens (primary N) is 1. The van der Waals surface area contributed by atoms with E-state index in [1.165, 1.54) is 6.07 Å². The Morgan fingerprint density at radius 1 is 1.09 bits per heavy atom. The van der Waals surface area contributed by atoms with Crippen LogP contribution in [-0.4, -0.2) is 24.7 Å². The third-order valence-electron chi connectivity index (χ3n) is 3.31. The van der Waals surface area contributed by atoms with E-state index in [1.807, 2.05) is 20.8 Å². The highest BCUT2D eigenvalue weighted by atomic mass is 19.4. The smallest absolute Gasteiger partial charge is 0.457 e. The molecule has 0 fully saturated rings. The third kappa shape index (κ3) is 3.88. The van der Waals surface area contributed by atoms with Crippen LogP contribution in [-0.2, 0) is 5.41 Å². The molecule has 1 aromatic rings. The Morgan fingerprint density at radius 2 is 1.64 bits per heavy atom. The average molecular weight is 325 g/mol. The summed E-state index contributed by atoms with van der Waals surface area (Å²) in [6.45, 7) is 6.52. The molecule has 0 saturated heterocycles. The van der Waals surface area contributed by atoms with Gasteiger partial charge in [0.05, 0.1) is 0 Å². The van der Waals surface area contributed by atoms with Crippen LogP contribution in [0.3, 0.4) is 0 Å². The lowest BCUT2D eigenvalue weighted by molar-refractivity contribution is -0.307. The molecular weight excluding hydrogens is 305 g/mol. The SMILES string of the molecule is Cc1cc(C(C)(C)C)ccc1OC(CN)C(F)(F)C(F)(F)F. The number of hydrogen-bond donors (Lipinski definition) is 1. The van der Waals surface area contributed by atoms with Crippen LogP contribution in [0.25, 0.3) is 0 Å². The van der Waals surface area contributed by atoms with Crippen LogP contribution in [0.5, 0.6) is 5.75 Å². The molecule has 126 valence electrons. The molecule has 0 saturated carbocycles. The number of benzene rings is 1. The molecule has 2 N–H and O–H groups in total. The number of halogens is 5. The minimum atomic E-state index is -5.71. The molecule has 0 aromatic heterocycles. The van der Waals surface area contributed by atoms with E-state index in [4.69, 9.17) is 10.5 Å². The maximum Gasteiger partial charge on any atom is 0.457 e. The molecule has 0 spiro atoms. The average Bonchev–Trinajstić information content (AvgIpc) is 2.34. The Kier molecular flexibility index (Phi) is 5.11. The molecular formula is C15H20F5NO. The summed E-state index contributed by atoms with van der Waals surface area (Å²) in [5.41, 5.74) is 6.27. The highest BCUT2D eigenvalue weighted by Gasteiger charge is 2.63. The minimum absolute atomic E-state index is 0.0348. The van der Waals surface area contributed by atoms with Crippen molar-refractivity contribution >= 4 is 0 Å². The Hall–Kier alpha value is -1.37. The second-order valence-electron chi connectivity index (χ2n) is 6.19. The van der Waals surface area contributed by atoms with Gasteiger partial charge >= 0.3 is 12.1 Å². The first-order chi connectivity index (χ1) is 9.80. The molecule has 1 atom stereocenters. The molecule has 0 aliphatic carbocycles. The summed E-state index contributed by atoms with van der Waals surface area (Å²) in [5.74, 6) is -5.05. The second-order valence-corrected chi connectivity index (χ2v) is 6.19. The first-order valence-electron chi connectivity index (χ1n) is 6.73. The number of rotatable bonds is 4. The van der Waals surface area contributed by atoms with Gasteiger partial charge in [0.2, 0.25) is 0 Å².